The van der Waals surface area contributed by atoms with Crippen LogP contribution in [0.15, 0.2) is 48.5 Å². The Hall–Kier alpha value is -3.35. The summed E-state index contributed by atoms with van der Waals surface area (Å²) in [4.78, 5) is 27.5. The van der Waals surface area contributed by atoms with Crippen LogP contribution in [-0.2, 0) is 16.0 Å². The zero-order valence-electron chi connectivity index (χ0n) is 15.0. The molecule has 140 valence electrons. The van der Waals surface area contributed by atoms with Gasteiger partial charge in [-0.25, -0.2) is 4.39 Å². The number of nitrogens with one attached hydrogen (secondary N) is 3. The molecule has 0 aliphatic carbocycles. The Morgan fingerprint density at radius 3 is 2.56 bits per heavy atom. The first-order chi connectivity index (χ1) is 12.9. The summed E-state index contributed by atoms with van der Waals surface area (Å²) < 4.78 is 18.3. The van der Waals surface area contributed by atoms with Crippen LogP contribution in [0, 0.1) is 12.7 Å². The molecule has 0 aliphatic heterocycles. The van der Waals surface area contributed by atoms with E-state index < -0.39 is 12.0 Å². The number of halogens is 1. The second-order valence-electron chi connectivity index (χ2n) is 6.20. The Labute approximate surface area is 155 Å². The minimum atomic E-state index is -0.856. The molecule has 1 heterocycles. The van der Waals surface area contributed by atoms with E-state index >= 15 is 0 Å². The van der Waals surface area contributed by atoms with Gasteiger partial charge in [0.15, 0.2) is 6.10 Å². The van der Waals surface area contributed by atoms with Crippen LogP contribution in [0.3, 0.4) is 0 Å². The number of benzene rings is 2. The predicted molar refractivity (Wildman–Crippen MR) is 99.5 cm³/mol. The summed E-state index contributed by atoms with van der Waals surface area (Å²) in [5.41, 5.74) is 7.49. The van der Waals surface area contributed by atoms with Crippen molar-refractivity contribution in [3.8, 4) is 5.75 Å². The number of aromatic amines is 1. The molecule has 1 unspecified atom stereocenters. The van der Waals surface area contributed by atoms with Crippen LogP contribution in [0.25, 0.3) is 10.9 Å². The fraction of sp³-hybridized carbons (Fsp3) is 0.200. The fourth-order valence-corrected chi connectivity index (χ4v) is 2.77. The number of ether oxygens (including phenoxy) is 1. The lowest BCUT2D eigenvalue weighted by Gasteiger charge is -2.15. The third-order valence-electron chi connectivity index (χ3n) is 4.19. The summed E-state index contributed by atoms with van der Waals surface area (Å²) in [6, 6.07) is 13.1. The van der Waals surface area contributed by atoms with Crippen LogP contribution >= 0.6 is 0 Å². The van der Waals surface area contributed by atoms with Crippen molar-refractivity contribution < 1.29 is 18.7 Å². The molecule has 2 amide bonds. The van der Waals surface area contributed by atoms with E-state index in [0.29, 0.717) is 5.75 Å². The van der Waals surface area contributed by atoms with Crippen molar-refractivity contribution in [1.29, 1.82) is 0 Å². The minimum Gasteiger partial charge on any atom is -0.481 e. The van der Waals surface area contributed by atoms with E-state index in [9.17, 15) is 14.0 Å². The number of fused-ring (bicyclic) bond motifs is 1. The molecule has 0 saturated heterocycles. The van der Waals surface area contributed by atoms with E-state index in [-0.39, 0.29) is 18.1 Å². The molecule has 0 bridgehead atoms. The first kappa shape index (κ1) is 18.4. The van der Waals surface area contributed by atoms with Gasteiger partial charge in [0.25, 0.3) is 5.91 Å². The number of aromatic nitrogens is 1. The third kappa shape index (κ3) is 4.44. The summed E-state index contributed by atoms with van der Waals surface area (Å²) in [6.07, 6.45) is -0.728. The number of aryl methyl sites for hydroxylation is 1. The van der Waals surface area contributed by atoms with Crippen LogP contribution < -0.4 is 15.6 Å². The highest BCUT2D eigenvalue weighted by atomic mass is 19.1. The molecule has 0 radical (unpaired) electrons. The van der Waals surface area contributed by atoms with Crippen molar-refractivity contribution in [2.24, 2.45) is 0 Å². The number of carbonyl (C=O) groups excluding carboxylic acids is 2. The largest absolute Gasteiger partial charge is 0.481 e. The molecule has 3 aromatic rings. The second kappa shape index (κ2) is 7.90. The van der Waals surface area contributed by atoms with Crippen molar-refractivity contribution in [2.45, 2.75) is 26.4 Å². The maximum absolute atomic E-state index is 12.9. The van der Waals surface area contributed by atoms with Crippen LogP contribution in [0.4, 0.5) is 4.39 Å². The predicted octanol–water partition coefficient (Wildman–Crippen LogP) is 2.77. The van der Waals surface area contributed by atoms with Crippen LogP contribution in [0.5, 0.6) is 5.75 Å². The van der Waals surface area contributed by atoms with Gasteiger partial charge in [0.1, 0.15) is 11.6 Å². The first-order valence-corrected chi connectivity index (χ1v) is 8.51. The molecule has 0 saturated carbocycles. The maximum Gasteiger partial charge on any atom is 0.279 e. The number of hydrazine groups is 1. The van der Waals surface area contributed by atoms with E-state index in [4.69, 9.17) is 4.74 Å². The quantitative estimate of drug-likeness (QED) is 0.605. The molecule has 27 heavy (non-hydrogen) atoms. The van der Waals surface area contributed by atoms with Gasteiger partial charge in [0, 0.05) is 16.6 Å². The number of para-hydroxylation sites is 1. The molecule has 6 nitrogen and oxygen atoms in total. The lowest BCUT2D eigenvalue weighted by molar-refractivity contribution is -0.132. The van der Waals surface area contributed by atoms with Crippen LogP contribution in [-0.4, -0.2) is 22.9 Å². The molecule has 7 heteroatoms. The number of hydrogen-bond acceptors (Lipinski definition) is 3. The fourth-order valence-electron chi connectivity index (χ4n) is 2.77. The van der Waals surface area contributed by atoms with Gasteiger partial charge in [-0.1, -0.05) is 18.2 Å². The van der Waals surface area contributed by atoms with E-state index in [1.54, 1.807) is 0 Å². The number of amides is 2. The molecule has 1 aromatic heterocycles. The van der Waals surface area contributed by atoms with Crippen molar-refractivity contribution in [1.82, 2.24) is 15.8 Å². The highest BCUT2D eigenvalue weighted by Crippen LogP contribution is 2.22. The van der Waals surface area contributed by atoms with Gasteiger partial charge in [0.2, 0.25) is 5.91 Å². The summed E-state index contributed by atoms with van der Waals surface area (Å²) in [5, 5.41) is 0.976. The molecular weight excluding hydrogens is 349 g/mol. The minimum absolute atomic E-state index is 0.128. The monoisotopic (exact) mass is 369 g/mol. The summed E-state index contributed by atoms with van der Waals surface area (Å²) in [5.74, 6) is -0.882. The molecular formula is C20H20FN3O3. The maximum atomic E-state index is 12.9. The lowest BCUT2D eigenvalue weighted by Crippen LogP contribution is -2.47. The first-order valence-electron chi connectivity index (χ1n) is 8.51. The summed E-state index contributed by atoms with van der Waals surface area (Å²) in [7, 11) is 0. The molecule has 0 aliphatic rings. The van der Waals surface area contributed by atoms with Crippen molar-refractivity contribution in [2.75, 3.05) is 0 Å². The second-order valence-corrected chi connectivity index (χ2v) is 6.20. The van der Waals surface area contributed by atoms with E-state index in [1.807, 2.05) is 31.2 Å². The van der Waals surface area contributed by atoms with Gasteiger partial charge in [0.05, 0.1) is 6.42 Å². The number of carbonyl (C=O) groups is 2. The van der Waals surface area contributed by atoms with Gasteiger partial charge in [-0.2, -0.15) is 0 Å². The molecule has 0 spiro atoms. The van der Waals surface area contributed by atoms with Crippen LogP contribution in [0.1, 0.15) is 18.2 Å². The average molecular weight is 369 g/mol. The van der Waals surface area contributed by atoms with Crippen LogP contribution in [0.2, 0.25) is 0 Å². The van der Waals surface area contributed by atoms with E-state index in [2.05, 4.69) is 15.8 Å². The molecule has 3 rings (SSSR count). The van der Waals surface area contributed by atoms with Crippen molar-refractivity contribution >= 4 is 22.7 Å². The Morgan fingerprint density at radius 1 is 1.11 bits per heavy atom. The Morgan fingerprint density at radius 2 is 1.81 bits per heavy atom. The number of H-pyrrole nitrogens is 1. The highest BCUT2D eigenvalue weighted by Gasteiger charge is 2.17. The Bertz CT molecular complexity index is 966. The van der Waals surface area contributed by atoms with Gasteiger partial charge < -0.3 is 9.72 Å². The smallest absolute Gasteiger partial charge is 0.279 e. The highest BCUT2D eigenvalue weighted by molar-refractivity contribution is 5.91. The normalized spacial score (nSPS) is 11.8. The zero-order chi connectivity index (χ0) is 19.4. The molecule has 1 atom stereocenters. The number of rotatable bonds is 5. The van der Waals surface area contributed by atoms with Crippen molar-refractivity contribution in [3.63, 3.8) is 0 Å². The lowest BCUT2D eigenvalue weighted by atomic mass is 10.1. The third-order valence-corrected chi connectivity index (χ3v) is 4.19. The van der Waals surface area contributed by atoms with E-state index in [0.717, 1.165) is 22.2 Å². The van der Waals surface area contributed by atoms with Gasteiger partial charge in [-0.3, -0.25) is 20.4 Å². The molecule has 2 aromatic carbocycles. The van der Waals surface area contributed by atoms with Gasteiger partial charge in [-0.05, 0) is 49.7 Å². The summed E-state index contributed by atoms with van der Waals surface area (Å²) >= 11 is 0. The Kier molecular flexibility index (Phi) is 5.40. The summed E-state index contributed by atoms with van der Waals surface area (Å²) in [6.45, 7) is 3.44. The number of hydrogen-bond donors (Lipinski definition) is 3. The SMILES string of the molecule is Cc1[nH]c2ccccc2c1CC(=O)NNC(=O)C(C)Oc1ccc(F)cc1. The zero-order valence-corrected chi connectivity index (χ0v) is 15.0. The van der Waals surface area contributed by atoms with Crippen molar-refractivity contribution in [3.05, 3.63) is 65.6 Å². The topological polar surface area (TPSA) is 83.2 Å². The average Bonchev–Trinajstić information content (AvgIpc) is 2.97. The molecule has 3 N–H and O–H groups in total. The molecule has 0 fully saturated rings. The van der Waals surface area contributed by atoms with E-state index in [1.165, 1.54) is 31.2 Å². The van der Waals surface area contributed by atoms with Gasteiger partial charge >= 0.3 is 0 Å². The van der Waals surface area contributed by atoms with Gasteiger partial charge in [-0.15, -0.1) is 0 Å². The standard InChI is InChI=1S/C20H20FN3O3/c1-12-17(16-5-3-4-6-18(16)22-12)11-19(25)23-24-20(26)13(2)27-15-9-7-14(21)8-10-15/h3-10,13,22H,11H2,1-2H3,(H,23,25)(H,24,26). The Balaban J connectivity index is 1.54.